The Kier molecular flexibility index (Phi) is 4.75. The second-order valence-corrected chi connectivity index (χ2v) is 4.51. The molecule has 0 saturated carbocycles. The summed E-state index contributed by atoms with van der Waals surface area (Å²) in [4.78, 5) is 23.4. The molecule has 14 heavy (non-hydrogen) atoms. The molecule has 0 aromatic carbocycles. The maximum absolute atomic E-state index is 11.9. The molecule has 1 unspecified atom stereocenters. The van der Waals surface area contributed by atoms with Crippen molar-refractivity contribution in [1.29, 1.82) is 0 Å². The Morgan fingerprint density at radius 1 is 1.36 bits per heavy atom. The van der Waals surface area contributed by atoms with Crippen LogP contribution in [0, 0.1) is 11.3 Å². The molecule has 0 bridgehead atoms. The third kappa shape index (κ3) is 3.44. The van der Waals surface area contributed by atoms with Crippen LogP contribution in [-0.2, 0) is 9.59 Å². The predicted molar refractivity (Wildman–Crippen MR) is 58.1 cm³/mol. The predicted octanol–water partition coefficient (Wildman–Crippen LogP) is 2.77. The molecule has 1 atom stereocenters. The summed E-state index contributed by atoms with van der Waals surface area (Å²) in [6.07, 6.45) is 2.52. The lowest BCUT2D eigenvalue weighted by Crippen LogP contribution is -2.33. The van der Waals surface area contributed by atoms with E-state index in [2.05, 4.69) is 6.58 Å². The quantitative estimate of drug-likeness (QED) is 0.500. The minimum atomic E-state index is -0.488. The first-order valence-corrected chi connectivity index (χ1v) is 5.02. The van der Waals surface area contributed by atoms with Gasteiger partial charge in [0.15, 0.2) is 0 Å². The van der Waals surface area contributed by atoms with E-state index in [9.17, 15) is 9.59 Å². The largest absolute Gasteiger partial charge is 0.299 e. The van der Waals surface area contributed by atoms with Crippen molar-refractivity contribution in [3.05, 3.63) is 12.7 Å². The second kappa shape index (κ2) is 5.08. The summed E-state index contributed by atoms with van der Waals surface area (Å²) in [5, 5.41) is 0. The van der Waals surface area contributed by atoms with Crippen LogP contribution in [-0.4, -0.2) is 11.6 Å². The zero-order valence-electron chi connectivity index (χ0n) is 9.59. The zero-order valence-corrected chi connectivity index (χ0v) is 9.59. The molecule has 2 heteroatoms. The third-order valence-corrected chi connectivity index (χ3v) is 2.20. The minimum Gasteiger partial charge on any atom is -0.299 e. The summed E-state index contributed by atoms with van der Waals surface area (Å²) < 4.78 is 0. The van der Waals surface area contributed by atoms with E-state index < -0.39 is 11.3 Å². The van der Waals surface area contributed by atoms with Crippen molar-refractivity contribution in [2.75, 3.05) is 0 Å². The minimum absolute atomic E-state index is 0.0178. The number of hydrogen-bond donors (Lipinski definition) is 0. The van der Waals surface area contributed by atoms with Gasteiger partial charge in [-0.05, 0) is 6.42 Å². The summed E-state index contributed by atoms with van der Waals surface area (Å²) in [7, 11) is 0. The number of carbonyl (C=O) groups excluding carboxylic acids is 2. The fraction of sp³-hybridized carbons (Fsp3) is 0.667. The van der Waals surface area contributed by atoms with Gasteiger partial charge in [0.2, 0.25) is 0 Å². The highest BCUT2D eigenvalue weighted by atomic mass is 16.2. The lowest BCUT2D eigenvalue weighted by atomic mass is 9.79. The van der Waals surface area contributed by atoms with Crippen molar-refractivity contribution in [3.8, 4) is 0 Å². The van der Waals surface area contributed by atoms with Crippen LogP contribution >= 0.6 is 0 Å². The van der Waals surface area contributed by atoms with Gasteiger partial charge in [-0.15, -0.1) is 6.58 Å². The lowest BCUT2D eigenvalue weighted by Gasteiger charge is -2.22. The third-order valence-electron chi connectivity index (χ3n) is 2.20. The molecule has 2 nitrogen and oxygen atoms in total. The zero-order chi connectivity index (χ0) is 11.4. The summed E-state index contributed by atoms with van der Waals surface area (Å²) in [5.41, 5.74) is -0.446. The molecular formula is C12H20O2. The van der Waals surface area contributed by atoms with Gasteiger partial charge in [-0.3, -0.25) is 9.59 Å². The number of Topliss-reactive ketones (excluding diaryl/α,β-unsaturated/α-hetero) is 2. The molecule has 0 aliphatic rings. The normalized spacial score (nSPS) is 13.4. The number of rotatable bonds is 5. The van der Waals surface area contributed by atoms with E-state index in [0.717, 1.165) is 0 Å². The van der Waals surface area contributed by atoms with E-state index in [0.29, 0.717) is 12.8 Å². The second-order valence-electron chi connectivity index (χ2n) is 4.51. The molecule has 0 spiro atoms. The first kappa shape index (κ1) is 13.1. The van der Waals surface area contributed by atoms with Gasteiger partial charge in [0.05, 0.1) is 5.92 Å². The molecule has 0 rings (SSSR count). The summed E-state index contributed by atoms with van der Waals surface area (Å²) in [6.45, 7) is 10.9. The van der Waals surface area contributed by atoms with Crippen molar-refractivity contribution in [1.82, 2.24) is 0 Å². The van der Waals surface area contributed by atoms with Crippen LogP contribution in [0.25, 0.3) is 0 Å². The first-order valence-electron chi connectivity index (χ1n) is 5.02. The highest BCUT2D eigenvalue weighted by molar-refractivity contribution is 6.04. The van der Waals surface area contributed by atoms with Crippen LogP contribution in [0.4, 0.5) is 0 Å². The molecule has 0 aliphatic carbocycles. The highest BCUT2D eigenvalue weighted by Gasteiger charge is 2.32. The average Bonchev–Trinajstić information content (AvgIpc) is 2.10. The Hall–Kier alpha value is -0.920. The van der Waals surface area contributed by atoms with Crippen LogP contribution in [0.1, 0.15) is 40.5 Å². The van der Waals surface area contributed by atoms with Crippen molar-refractivity contribution >= 4 is 11.6 Å². The van der Waals surface area contributed by atoms with Gasteiger partial charge in [-0.2, -0.15) is 0 Å². The van der Waals surface area contributed by atoms with E-state index in [-0.39, 0.29) is 11.6 Å². The fourth-order valence-corrected chi connectivity index (χ4v) is 1.32. The number of carbonyl (C=O) groups is 2. The smallest absolute Gasteiger partial charge is 0.148 e. The molecule has 0 N–H and O–H groups in total. The lowest BCUT2D eigenvalue weighted by molar-refractivity contribution is -0.137. The molecule has 0 saturated heterocycles. The standard InChI is InChI=1S/C12H20O2/c1-6-8-9(10(13)7-2)11(14)12(3,4)5/h6,9H,1,7-8H2,2-5H3. The van der Waals surface area contributed by atoms with E-state index >= 15 is 0 Å². The molecule has 0 aliphatic heterocycles. The van der Waals surface area contributed by atoms with E-state index in [1.807, 2.05) is 20.8 Å². The molecule has 80 valence electrons. The Labute approximate surface area is 86.4 Å². The van der Waals surface area contributed by atoms with Gasteiger partial charge >= 0.3 is 0 Å². The summed E-state index contributed by atoms with van der Waals surface area (Å²) >= 11 is 0. The Bertz CT molecular complexity index is 233. The van der Waals surface area contributed by atoms with Crippen LogP contribution in [0.15, 0.2) is 12.7 Å². The molecule has 0 heterocycles. The van der Waals surface area contributed by atoms with E-state index in [4.69, 9.17) is 0 Å². The van der Waals surface area contributed by atoms with Gasteiger partial charge in [0.1, 0.15) is 11.6 Å². The van der Waals surface area contributed by atoms with Crippen LogP contribution in [0.2, 0.25) is 0 Å². The van der Waals surface area contributed by atoms with Gasteiger partial charge in [0.25, 0.3) is 0 Å². The van der Waals surface area contributed by atoms with E-state index in [1.165, 1.54) is 0 Å². The Morgan fingerprint density at radius 3 is 2.14 bits per heavy atom. The summed E-state index contributed by atoms with van der Waals surface area (Å²) in [6, 6.07) is 0. The Morgan fingerprint density at radius 2 is 1.86 bits per heavy atom. The van der Waals surface area contributed by atoms with Gasteiger partial charge in [-0.1, -0.05) is 33.8 Å². The molecular weight excluding hydrogens is 176 g/mol. The van der Waals surface area contributed by atoms with Crippen LogP contribution in [0.5, 0.6) is 0 Å². The molecule has 0 amide bonds. The average molecular weight is 196 g/mol. The first-order chi connectivity index (χ1) is 6.34. The van der Waals surface area contributed by atoms with Gasteiger partial charge in [0, 0.05) is 11.8 Å². The summed E-state index contributed by atoms with van der Waals surface area (Å²) in [5.74, 6) is -0.452. The van der Waals surface area contributed by atoms with Crippen LogP contribution < -0.4 is 0 Å². The SMILES string of the molecule is C=CCC(C(=O)CC)C(=O)C(C)(C)C. The number of allylic oxidation sites excluding steroid dienone is 1. The van der Waals surface area contributed by atoms with Crippen LogP contribution in [0.3, 0.4) is 0 Å². The number of hydrogen-bond acceptors (Lipinski definition) is 2. The molecule has 0 aromatic rings. The topological polar surface area (TPSA) is 34.1 Å². The number of ketones is 2. The van der Waals surface area contributed by atoms with Gasteiger partial charge < -0.3 is 0 Å². The maximum Gasteiger partial charge on any atom is 0.148 e. The molecule has 0 radical (unpaired) electrons. The van der Waals surface area contributed by atoms with Crippen molar-refractivity contribution in [2.45, 2.75) is 40.5 Å². The fourth-order valence-electron chi connectivity index (χ4n) is 1.32. The van der Waals surface area contributed by atoms with Gasteiger partial charge in [-0.25, -0.2) is 0 Å². The maximum atomic E-state index is 11.9. The monoisotopic (exact) mass is 196 g/mol. The molecule has 0 aromatic heterocycles. The van der Waals surface area contributed by atoms with Crippen molar-refractivity contribution in [3.63, 3.8) is 0 Å². The van der Waals surface area contributed by atoms with E-state index in [1.54, 1.807) is 13.0 Å². The van der Waals surface area contributed by atoms with Crippen molar-refractivity contribution < 1.29 is 9.59 Å². The molecule has 0 fully saturated rings. The Balaban J connectivity index is 4.74. The van der Waals surface area contributed by atoms with Crippen molar-refractivity contribution in [2.24, 2.45) is 11.3 Å². The highest BCUT2D eigenvalue weighted by Crippen LogP contribution is 2.23.